The van der Waals surface area contributed by atoms with Crippen molar-refractivity contribution in [1.29, 1.82) is 0 Å². The Hall–Kier alpha value is -3.18. The number of pyridine rings is 2. The maximum atomic E-state index is 13.2. The van der Waals surface area contributed by atoms with Gasteiger partial charge in [-0.15, -0.1) is 0 Å². The van der Waals surface area contributed by atoms with Crippen molar-refractivity contribution >= 4 is 28.3 Å². The number of amides is 1. The third-order valence-corrected chi connectivity index (χ3v) is 4.51. The van der Waals surface area contributed by atoms with Gasteiger partial charge in [0.25, 0.3) is 5.91 Å². The molecule has 4 rings (SSSR count). The van der Waals surface area contributed by atoms with E-state index in [-0.39, 0.29) is 5.91 Å². The normalized spacial score (nSPS) is 10.9. The molecule has 0 spiro atoms. The fourth-order valence-electron chi connectivity index (χ4n) is 2.93. The van der Waals surface area contributed by atoms with Crippen molar-refractivity contribution in [1.82, 2.24) is 14.9 Å². The minimum Gasteiger partial charge on any atom is -0.467 e. The number of furan rings is 1. The molecule has 0 aliphatic carbocycles. The van der Waals surface area contributed by atoms with Crippen molar-refractivity contribution in [2.24, 2.45) is 0 Å². The van der Waals surface area contributed by atoms with Crippen LogP contribution in [0, 0.1) is 0 Å². The van der Waals surface area contributed by atoms with Crippen molar-refractivity contribution in [2.75, 3.05) is 0 Å². The molecule has 27 heavy (non-hydrogen) atoms. The standard InChI is InChI=1S/C21H16ClN3O2/c22-20-18-8-2-1-6-16(18)11-19(24-20)21(26)25(14-17-7-4-10-27-17)13-15-5-3-9-23-12-15/h1-12H,13-14H2. The lowest BCUT2D eigenvalue weighted by Gasteiger charge is -2.21. The van der Waals surface area contributed by atoms with Crippen molar-refractivity contribution in [3.63, 3.8) is 0 Å². The highest BCUT2D eigenvalue weighted by Gasteiger charge is 2.20. The van der Waals surface area contributed by atoms with E-state index in [0.717, 1.165) is 16.3 Å². The van der Waals surface area contributed by atoms with E-state index < -0.39 is 0 Å². The number of halogens is 1. The molecule has 0 aliphatic rings. The van der Waals surface area contributed by atoms with Crippen LogP contribution in [-0.2, 0) is 13.1 Å². The van der Waals surface area contributed by atoms with Crippen molar-refractivity contribution in [3.8, 4) is 0 Å². The van der Waals surface area contributed by atoms with Crippen LogP contribution in [0.15, 0.2) is 77.7 Å². The molecule has 0 saturated carbocycles. The van der Waals surface area contributed by atoms with Crippen LogP contribution >= 0.6 is 11.6 Å². The molecule has 3 aromatic heterocycles. The van der Waals surface area contributed by atoms with E-state index >= 15 is 0 Å². The predicted molar refractivity (Wildman–Crippen MR) is 103 cm³/mol. The second-order valence-electron chi connectivity index (χ2n) is 6.12. The topological polar surface area (TPSA) is 59.2 Å². The van der Waals surface area contributed by atoms with Crippen molar-refractivity contribution in [2.45, 2.75) is 13.1 Å². The Morgan fingerprint density at radius 2 is 1.96 bits per heavy atom. The summed E-state index contributed by atoms with van der Waals surface area (Å²) in [7, 11) is 0. The van der Waals surface area contributed by atoms with Gasteiger partial charge in [-0.05, 0) is 35.2 Å². The van der Waals surface area contributed by atoms with Gasteiger partial charge in [0.15, 0.2) is 0 Å². The highest BCUT2D eigenvalue weighted by molar-refractivity contribution is 6.34. The van der Waals surface area contributed by atoms with Crippen LogP contribution in [0.3, 0.4) is 0 Å². The monoisotopic (exact) mass is 377 g/mol. The smallest absolute Gasteiger partial charge is 0.273 e. The number of benzene rings is 1. The van der Waals surface area contributed by atoms with Gasteiger partial charge in [-0.25, -0.2) is 4.98 Å². The Balaban J connectivity index is 1.69. The average molecular weight is 378 g/mol. The molecule has 0 unspecified atom stereocenters. The van der Waals surface area contributed by atoms with E-state index in [1.165, 1.54) is 0 Å². The Kier molecular flexibility index (Phi) is 4.85. The minimum atomic E-state index is -0.220. The van der Waals surface area contributed by atoms with Crippen LogP contribution in [0.5, 0.6) is 0 Å². The van der Waals surface area contributed by atoms with Crippen LogP contribution in [0.25, 0.3) is 10.8 Å². The summed E-state index contributed by atoms with van der Waals surface area (Å²) in [5.74, 6) is 0.474. The number of hydrogen-bond donors (Lipinski definition) is 0. The van der Waals surface area contributed by atoms with Gasteiger partial charge in [-0.3, -0.25) is 9.78 Å². The van der Waals surface area contributed by atoms with Gasteiger partial charge < -0.3 is 9.32 Å². The summed E-state index contributed by atoms with van der Waals surface area (Å²) in [4.78, 5) is 23.3. The Morgan fingerprint density at radius 3 is 2.74 bits per heavy atom. The van der Waals surface area contributed by atoms with Gasteiger partial charge >= 0.3 is 0 Å². The molecular weight excluding hydrogens is 362 g/mol. The molecule has 0 radical (unpaired) electrons. The number of carbonyl (C=O) groups excluding carboxylic acids is 1. The van der Waals surface area contributed by atoms with Gasteiger partial charge in [-0.2, -0.15) is 0 Å². The molecule has 6 heteroatoms. The first-order valence-electron chi connectivity index (χ1n) is 8.46. The second-order valence-corrected chi connectivity index (χ2v) is 6.48. The van der Waals surface area contributed by atoms with Gasteiger partial charge in [0.2, 0.25) is 0 Å². The van der Waals surface area contributed by atoms with E-state index in [1.807, 2.05) is 42.5 Å². The number of nitrogens with zero attached hydrogens (tertiary/aromatic N) is 3. The van der Waals surface area contributed by atoms with Gasteiger partial charge in [0.05, 0.1) is 12.8 Å². The Labute approximate surface area is 161 Å². The summed E-state index contributed by atoms with van der Waals surface area (Å²) in [6.07, 6.45) is 5.03. The molecule has 0 atom stereocenters. The molecule has 1 aromatic carbocycles. The van der Waals surface area contributed by atoms with Crippen molar-refractivity contribution in [3.05, 3.63) is 95.4 Å². The molecule has 1 amide bonds. The average Bonchev–Trinajstić information content (AvgIpc) is 3.21. The molecule has 4 aromatic rings. The quantitative estimate of drug-likeness (QED) is 0.472. The number of hydrogen-bond acceptors (Lipinski definition) is 4. The van der Waals surface area contributed by atoms with E-state index in [9.17, 15) is 4.79 Å². The summed E-state index contributed by atoms with van der Waals surface area (Å²) < 4.78 is 5.43. The zero-order chi connectivity index (χ0) is 18.6. The van der Waals surface area contributed by atoms with Gasteiger partial charge in [-0.1, -0.05) is 41.9 Å². The molecule has 0 fully saturated rings. The molecule has 0 aliphatic heterocycles. The first-order chi connectivity index (χ1) is 13.2. The van der Waals surface area contributed by atoms with Gasteiger partial charge in [0, 0.05) is 24.3 Å². The zero-order valence-electron chi connectivity index (χ0n) is 14.4. The molecule has 0 bridgehead atoms. The molecule has 3 heterocycles. The summed E-state index contributed by atoms with van der Waals surface area (Å²) in [6, 6.07) is 16.8. The van der Waals surface area contributed by atoms with E-state index in [2.05, 4.69) is 9.97 Å². The SMILES string of the molecule is O=C(c1cc2ccccc2c(Cl)n1)N(Cc1cccnc1)Cc1ccco1. The fourth-order valence-corrected chi connectivity index (χ4v) is 3.19. The molecule has 0 N–H and O–H groups in total. The highest BCUT2D eigenvalue weighted by Crippen LogP contribution is 2.23. The lowest BCUT2D eigenvalue weighted by atomic mass is 10.1. The van der Waals surface area contributed by atoms with Crippen LogP contribution < -0.4 is 0 Å². The fraction of sp³-hybridized carbons (Fsp3) is 0.0952. The minimum absolute atomic E-state index is 0.220. The van der Waals surface area contributed by atoms with E-state index in [0.29, 0.717) is 29.7 Å². The summed E-state index contributed by atoms with van der Waals surface area (Å²) in [5, 5.41) is 2.01. The Morgan fingerprint density at radius 1 is 1.07 bits per heavy atom. The number of fused-ring (bicyclic) bond motifs is 1. The van der Waals surface area contributed by atoms with Crippen LogP contribution in [0.2, 0.25) is 5.15 Å². The van der Waals surface area contributed by atoms with Crippen LogP contribution in [-0.4, -0.2) is 20.8 Å². The van der Waals surface area contributed by atoms with E-state index in [1.54, 1.807) is 35.7 Å². The predicted octanol–water partition coefficient (Wildman–Crippen LogP) is 4.72. The maximum absolute atomic E-state index is 13.2. The zero-order valence-corrected chi connectivity index (χ0v) is 15.1. The third kappa shape index (κ3) is 3.83. The number of carbonyl (C=O) groups is 1. The summed E-state index contributed by atoms with van der Waals surface area (Å²) >= 11 is 6.30. The first kappa shape index (κ1) is 17.2. The molecule has 134 valence electrons. The number of rotatable bonds is 5. The number of aromatic nitrogens is 2. The van der Waals surface area contributed by atoms with Crippen molar-refractivity contribution < 1.29 is 9.21 Å². The third-order valence-electron chi connectivity index (χ3n) is 4.22. The first-order valence-corrected chi connectivity index (χ1v) is 8.84. The van der Waals surface area contributed by atoms with Crippen LogP contribution in [0.4, 0.5) is 0 Å². The van der Waals surface area contributed by atoms with Gasteiger partial charge in [0.1, 0.15) is 16.6 Å². The Bertz CT molecular complexity index is 1070. The highest BCUT2D eigenvalue weighted by atomic mass is 35.5. The summed E-state index contributed by atoms with van der Waals surface area (Å²) in [5.41, 5.74) is 1.22. The maximum Gasteiger partial charge on any atom is 0.273 e. The second kappa shape index (κ2) is 7.60. The lowest BCUT2D eigenvalue weighted by molar-refractivity contribution is 0.0712. The van der Waals surface area contributed by atoms with Crippen LogP contribution in [0.1, 0.15) is 21.8 Å². The molecule has 5 nitrogen and oxygen atoms in total. The lowest BCUT2D eigenvalue weighted by Crippen LogP contribution is -2.30. The van der Waals surface area contributed by atoms with E-state index in [4.69, 9.17) is 16.0 Å². The molecule has 0 saturated heterocycles. The summed E-state index contributed by atoms with van der Waals surface area (Å²) in [6.45, 7) is 0.715. The largest absolute Gasteiger partial charge is 0.467 e. The molecular formula is C21H16ClN3O2.